The van der Waals surface area contributed by atoms with E-state index in [0.717, 1.165) is 77.9 Å². The van der Waals surface area contributed by atoms with Crippen LogP contribution in [0.1, 0.15) is 122 Å². The molecule has 0 aromatic carbocycles. The van der Waals surface area contributed by atoms with Gasteiger partial charge in [0.15, 0.2) is 0 Å². The maximum absolute atomic E-state index is 13.3. The number of carbonyl (C=O) groups is 1. The molecule has 0 spiro atoms. The quantitative estimate of drug-likeness (QED) is 0.0834. The molecule has 0 unspecified atom stereocenters. The molecule has 1 aliphatic rings. The van der Waals surface area contributed by atoms with E-state index >= 15 is 0 Å². The van der Waals surface area contributed by atoms with Crippen LogP contribution in [0.15, 0.2) is 14.4 Å². The van der Waals surface area contributed by atoms with Gasteiger partial charge in [-0.2, -0.15) is 18.9 Å². The highest BCUT2D eigenvalue weighted by molar-refractivity contribution is 7.85. The third kappa shape index (κ3) is 16.1. The van der Waals surface area contributed by atoms with Crippen molar-refractivity contribution in [1.82, 2.24) is 18.6 Å². The van der Waals surface area contributed by atoms with Crippen LogP contribution in [0.4, 0.5) is 0 Å². The molecule has 1 amide bonds. The Morgan fingerprint density at radius 3 is 1.59 bits per heavy atom. The van der Waals surface area contributed by atoms with Gasteiger partial charge in [0, 0.05) is 38.6 Å². The molecular weight excluding hydrogens is 656 g/mol. The highest BCUT2D eigenvalue weighted by Crippen LogP contribution is 2.24. The number of nitrogens with zero attached hydrogens (tertiary/aromatic N) is 6. The second-order valence-corrected chi connectivity index (χ2v) is 14.3. The van der Waals surface area contributed by atoms with E-state index in [-0.39, 0.29) is 50.4 Å². The first-order valence-electron chi connectivity index (χ1n) is 17.8. The number of amides is 1. The number of hydrogen-bond donors (Lipinski definition) is 1. The van der Waals surface area contributed by atoms with Gasteiger partial charge in [-0.25, -0.2) is 28.1 Å². The van der Waals surface area contributed by atoms with Crippen molar-refractivity contribution < 1.29 is 27.2 Å². The Labute approximate surface area is 289 Å². The van der Waals surface area contributed by atoms with Crippen LogP contribution >= 0.6 is 0 Å². The van der Waals surface area contributed by atoms with E-state index in [1.807, 2.05) is 0 Å². The molecule has 49 heavy (non-hydrogen) atoms. The van der Waals surface area contributed by atoms with Crippen LogP contribution < -0.4 is 17.1 Å². The van der Waals surface area contributed by atoms with Gasteiger partial charge in [0.25, 0.3) is 22.6 Å². The third-order valence-electron chi connectivity index (χ3n) is 8.93. The Bertz CT molecular complexity index is 1500. The maximum atomic E-state index is 13.3. The minimum Gasteiger partial charge on any atom is -0.428 e. The third-order valence-corrected chi connectivity index (χ3v) is 9.73. The van der Waals surface area contributed by atoms with E-state index in [9.17, 15) is 27.6 Å². The van der Waals surface area contributed by atoms with Crippen molar-refractivity contribution in [3.8, 4) is 12.5 Å². The Morgan fingerprint density at radius 2 is 1.12 bits per heavy atom. The summed E-state index contributed by atoms with van der Waals surface area (Å²) in [5.74, 6) is -0.363. The van der Waals surface area contributed by atoms with E-state index in [1.54, 1.807) is 17.4 Å². The first-order chi connectivity index (χ1) is 23.6. The van der Waals surface area contributed by atoms with Crippen molar-refractivity contribution in [2.24, 2.45) is 0 Å². The van der Waals surface area contributed by atoms with Crippen LogP contribution in [0.25, 0.3) is 0 Å². The predicted octanol–water partition coefficient (Wildman–Crippen LogP) is 3.68. The molecule has 0 aliphatic heterocycles. The topological polar surface area (TPSA) is 207 Å². The first-order valence-corrected chi connectivity index (χ1v) is 19.4. The smallest absolute Gasteiger partial charge is 0.336 e. The van der Waals surface area contributed by atoms with Crippen molar-refractivity contribution in [2.75, 3.05) is 25.5 Å². The molecule has 1 heterocycles. The van der Waals surface area contributed by atoms with Crippen LogP contribution in [-0.2, 0) is 44.0 Å². The molecule has 0 radical (unpaired) electrons. The fraction of sp³-hybridized carbons (Fsp3) is 0.818. The number of rotatable bonds is 26. The average Bonchev–Trinajstić information content (AvgIpc) is 3.07. The molecule has 0 atom stereocenters. The summed E-state index contributed by atoms with van der Waals surface area (Å²) in [5.41, 5.74) is -1.88. The molecular formula is C33H54N6O9S. The number of carbonyl (C=O) groups excluding carboxylic acids is 1. The number of unbranched alkanes of at least 4 members (excludes halogenated alkanes) is 9. The van der Waals surface area contributed by atoms with Gasteiger partial charge in [-0.3, -0.25) is 9.35 Å². The van der Waals surface area contributed by atoms with E-state index in [1.165, 1.54) is 0 Å². The van der Waals surface area contributed by atoms with E-state index in [0.29, 0.717) is 64.5 Å². The summed E-state index contributed by atoms with van der Waals surface area (Å²) in [6.07, 6.45) is 16.8. The monoisotopic (exact) mass is 710 g/mol. The van der Waals surface area contributed by atoms with Crippen LogP contribution in [-0.4, -0.2) is 69.0 Å². The number of ether oxygens (including phenoxy) is 2. The van der Waals surface area contributed by atoms with Crippen molar-refractivity contribution in [2.45, 2.75) is 148 Å². The SMILES string of the molecule is N#COCCCCCCn1c(=O)n(CCCCCCCC(=O)N(CCCS(=O)(=O)O)C2CCCCC2)c(=O)n(CCCCCOC#N)c1=O. The maximum Gasteiger partial charge on any atom is 0.336 e. The van der Waals surface area contributed by atoms with Gasteiger partial charge >= 0.3 is 17.1 Å². The molecule has 1 aliphatic carbocycles. The van der Waals surface area contributed by atoms with E-state index < -0.39 is 27.2 Å². The molecule has 276 valence electrons. The predicted molar refractivity (Wildman–Crippen MR) is 182 cm³/mol. The van der Waals surface area contributed by atoms with Crippen LogP contribution in [0.3, 0.4) is 0 Å². The lowest BCUT2D eigenvalue weighted by atomic mass is 9.93. The van der Waals surface area contributed by atoms with Crippen LogP contribution in [0.5, 0.6) is 0 Å². The molecule has 1 aromatic rings. The Balaban J connectivity index is 1.94. The Hall–Kier alpha value is -3.63. The summed E-state index contributed by atoms with van der Waals surface area (Å²) in [6.45, 7) is 1.39. The Morgan fingerprint density at radius 1 is 0.694 bits per heavy atom. The second-order valence-electron chi connectivity index (χ2n) is 12.7. The molecule has 1 aromatic heterocycles. The van der Waals surface area contributed by atoms with Gasteiger partial charge in [-0.1, -0.05) is 44.9 Å². The molecule has 15 nitrogen and oxygen atoms in total. The zero-order chi connectivity index (χ0) is 35.9. The van der Waals surface area contributed by atoms with Gasteiger partial charge in [0.05, 0.1) is 5.75 Å². The molecule has 0 saturated heterocycles. The second kappa shape index (κ2) is 23.7. The zero-order valence-electron chi connectivity index (χ0n) is 28.8. The van der Waals surface area contributed by atoms with Crippen molar-refractivity contribution in [3.63, 3.8) is 0 Å². The summed E-state index contributed by atoms with van der Waals surface area (Å²) in [5, 5.41) is 17.0. The summed E-state index contributed by atoms with van der Waals surface area (Å²) >= 11 is 0. The van der Waals surface area contributed by atoms with Gasteiger partial charge in [0.1, 0.15) is 13.2 Å². The molecule has 1 N–H and O–H groups in total. The van der Waals surface area contributed by atoms with E-state index in [4.69, 9.17) is 15.1 Å². The summed E-state index contributed by atoms with van der Waals surface area (Å²) in [4.78, 5) is 54.7. The average molecular weight is 711 g/mol. The van der Waals surface area contributed by atoms with Crippen LogP contribution in [0, 0.1) is 23.0 Å². The minimum atomic E-state index is -4.08. The number of nitriles is 2. The number of aromatic nitrogens is 3. The Kier molecular flexibility index (Phi) is 20.1. The highest BCUT2D eigenvalue weighted by atomic mass is 32.2. The van der Waals surface area contributed by atoms with Gasteiger partial charge in [-0.05, 0) is 70.6 Å². The lowest BCUT2D eigenvalue weighted by Gasteiger charge is -2.34. The largest absolute Gasteiger partial charge is 0.428 e. The molecule has 1 saturated carbocycles. The summed E-state index contributed by atoms with van der Waals surface area (Å²) in [7, 11) is -4.08. The first kappa shape index (κ1) is 41.5. The minimum absolute atomic E-state index is 0.00434. The summed E-state index contributed by atoms with van der Waals surface area (Å²) in [6, 6.07) is 0.106. The lowest BCUT2D eigenvalue weighted by Crippen LogP contribution is -2.54. The van der Waals surface area contributed by atoms with Crippen molar-refractivity contribution >= 4 is 16.0 Å². The van der Waals surface area contributed by atoms with Crippen LogP contribution in [0.2, 0.25) is 0 Å². The fourth-order valence-corrected chi connectivity index (χ4v) is 6.80. The number of hydrogen-bond acceptors (Lipinski definition) is 10. The lowest BCUT2D eigenvalue weighted by molar-refractivity contribution is -0.134. The molecule has 16 heteroatoms. The molecule has 2 rings (SSSR count). The van der Waals surface area contributed by atoms with Crippen molar-refractivity contribution in [1.29, 1.82) is 10.5 Å². The highest BCUT2D eigenvalue weighted by Gasteiger charge is 2.25. The summed E-state index contributed by atoms with van der Waals surface area (Å²) < 4.78 is 44.2. The van der Waals surface area contributed by atoms with Gasteiger partial charge in [-0.15, -0.1) is 0 Å². The normalized spacial score (nSPS) is 13.4. The van der Waals surface area contributed by atoms with Gasteiger partial charge in [0.2, 0.25) is 5.91 Å². The standard InChI is InChI=1S/C33H54N6O9S/c34-27-47-24-14-5-4-12-21-38-31(41)37(32(42)39(33(38)43)22-13-7-15-25-48-28-35)20-11-3-1-2-10-19-30(40)36(23-16-26-49(44,45)46)29-17-8-6-9-18-29/h29H,1-26H2,(H,44,45,46). The van der Waals surface area contributed by atoms with Crippen molar-refractivity contribution in [3.05, 3.63) is 31.5 Å². The zero-order valence-corrected chi connectivity index (χ0v) is 29.6. The molecule has 0 bridgehead atoms. The fourth-order valence-electron chi connectivity index (χ4n) is 6.31. The van der Waals surface area contributed by atoms with Gasteiger partial charge < -0.3 is 14.4 Å². The molecule has 1 fully saturated rings. The van der Waals surface area contributed by atoms with E-state index in [2.05, 4.69) is 9.47 Å².